The fourth-order valence-electron chi connectivity index (χ4n) is 7.01. The van der Waals surface area contributed by atoms with Gasteiger partial charge in [0.05, 0.1) is 22.2 Å². The molecule has 0 saturated carbocycles. The molecule has 0 bridgehead atoms. The Hall–Kier alpha value is -3.32. The number of halogens is 4. The van der Waals surface area contributed by atoms with Crippen LogP contribution in [0.15, 0.2) is 6.07 Å². The van der Waals surface area contributed by atoms with E-state index < -0.39 is 28.9 Å². The van der Waals surface area contributed by atoms with Gasteiger partial charge in [-0.2, -0.15) is 23.1 Å². The normalized spacial score (nSPS) is 19.3. The molecule has 3 aromatic rings. The van der Waals surface area contributed by atoms with Gasteiger partial charge in [0.2, 0.25) is 0 Å². The quantitative estimate of drug-likeness (QED) is 0.195. The van der Waals surface area contributed by atoms with Crippen LogP contribution < -0.4 is 21.1 Å². The number of rotatable bonds is 8. The summed E-state index contributed by atoms with van der Waals surface area (Å²) in [4.78, 5) is 20.0. The Morgan fingerprint density at radius 3 is 2.51 bits per heavy atom. The molecule has 0 aliphatic carbocycles. The molecule has 13 heteroatoms. The van der Waals surface area contributed by atoms with E-state index >= 15 is 4.39 Å². The predicted octanol–water partition coefficient (Wildman–Crippen LogP) is 6.29. The Morgan fingerprint density at radius 2 is 1.82 bits per heavy atom. The molecule has 246 valence electrons. The van der Waals surface area contributed by atoms with Gasteiger partial charge in [-0.25, -0.2) is 14.4 Å². The van der Waals surface area contributed by atoms with Crippen molar-refractivity contribution in [2.24, 2.45) is 0 Å². The molecule has 3 aliphatic heterocycles. The van der Waals surface area contributed by atoms with Crippen LogP contribution >= 0.6 is 0 Å². The monoisotopic (exact) mass is 632 g/mol. The molecular formula is C32H44F4N8O. The SMILES string of the molecule is CC.CCCNCC1CCCc2nc(-c3nc(N)cc(C)c3C(F)(F)F)c(F)c3nc(OCC45CCCN4CCC5)nc(c23)N1. The third kappa shape index (κ3) is 6.65. The smallest absolute Gasteiger partial charge is 0.418 e. The Balaban J connectivity index is 0.00000196. The Morgan fingerprint density at radius 1 is 1.09 bits per heavy atom. The standard InChI is InChI=1S/C30H38F4N8O.C2H6/c1-3-11-36-15-18-7-4-8-19-21-24(23(31)26(38-19)25-22(30(32,33)34)17(2)14-20(35)39-25)40-28(41-27(21)37-18)43-16-29-9-5-12-42(29)13-6-10-29;1-2/h14,18,36H,3-13,15-16H2,1-2H3,(H2,35,39)(H,37,40,41);1-2H3. The largest absolute Gasteiger partial charge is 0.461 e. The van der Waals surface area contributed by atoms with Gasteiger partial charge in [-0.1, -0.05) is 20.8 Å². The lowest BCUT2D eigenvalue weighted by Gasteiger charge is -2.31. The molecule has 2 saturated heterocycles. The highest BCUT2D eigenvalue weighted by Gasteiger charge is 2.45. The van der Waals surface area contributed by atoms with Crippen LogP contribution in [0.1, 0.15) is 82.5 Å². The zero-order valence-corrected chi connectivity index (χ0v) is 26.6. The zero-order chi connectivity index (χ0) is 32.4. The van der Waals surface area contributed by atoms with Crippen molar-refractivity contribution in [1.82, 2.24) is 30.2 Å². The van der Waals surface area contributed by atoms with Crippen LogP contribution in [-0.2, 0) is 12.6 Å². The van der Waals surface area contributed by atoms with Crippen LogP contribution in [0.25, 0.3) is 22.3 Å². The Bertz CT molecular complexity index is 1510. The fourth-order valence-corrected chi connectivity index (χ4v) is 7.01. The molecular weight excluding hydrogens is 588 g/mol. The van der Waals surface area contributed by atoms with Crippen molar-refractivity contribution in [2.45, 2.75) is 96.8 Å². The van der Waals surface area contributed by atoms with Gasteiger partial charge < -0.3 is 21.1 Å². The molecule has 3 aliphatic rings. The van der Waals surface area contributed by atoms with E-state index in [1.165, 1.54) is 6.92 Å². The maximum absolute atomic E-state index is 16.5. The number of nitrogens with one attached hydrogen (secondary N) is 2. The van der Waals surface area contributed by atoms with Gasteiger partial charge in [-0.15, -0.1) is 0 Å². The van der Waals surface area contributed by atoms with Crippen molar-refractivity contribution in [2.75, 3.05) is 43.8 Å². The summed E-state index contributed by atoms with van der Waals surface area (Å²) in [5, 5.41) is 7.23. The first-order valence-electron chi connectivity index (χ1n) is 16.2. The number of nitrogens with two attached hydrogens (primary N) is 1. The number of alkyl halides is 3. The van der Waals surface area contributed by atoms with E-state index in [1.807, 2.05) is 13.8 Å². The number of anilines is 2. The number of fused-ring (bicyclic) bond motifs is 1. The van der Waals surface area contributed by atoms with Gasteiger partial charge in [0.25, 0.3) is 0 Å². The summed E-state index contributed by atoms with van der Waals surface area (Å²) in [6.07, 6.45) is 2.22. The number of nitrogens with zero attached hydrogens (tertiary/aromatic N) is 5. The summed E-state index contributed by atoms with van der Waals surface area (Å²) in [7, 11) is 0. The molecule has 0 aromatic carbocycles. The second-order valence-corrected chi connectivity index (χ2v) is 12.0. The van der Waals surface area contributed by atoms with Crippen molar-refractivity contribution in [3.63, 3.8) is 0 Å². The highest BCUT2D eigenvalue weighted by atomic mass is 19.4. The number of pyridine rings is 2. The molecule has 3 aromatic heterocycles. The Labute approximate surface area is 261 Å². The average Bonchev–Trinajstić information content (AvgIpc) is 3.57. The second-order valence-electron chi connectivity index (χ2n) is 12.0. The minimum Gasteiger partial charge on any atom is -0.461 e. The lowest BCUT2D eigenvalue weighted by atomic mass is 9.95. The number of aromatic nitrogens is 4. The highest BCUT2D eigenvalue weighted by Crippen LogP contribution is 2.42. The van der Waals surface area contributed by atoms with E-state index in [1.54, 1.807) is 0 Å². The summed E-state index contributed by atoms with van der Waals surface area (Å²) in [6.45, 7) is 11.3. The van der Waals surface area contributed by atoms with Gasteiger partial charge in [-0.05, 0) is 89.6 Å². The first kappa shape index (κ1) is 33.1. The van der Waals surface area contributed by atoms with Crippen molar-refractivity contribution < 1.29 is 22.3 Å². The van der Waals surface area contributed by atoms with Crippen molar-refractivity contribution in [3.8, 4) is 17.4 Å². The van der Waals surface area contributed by atoms with E-state index in [0.29, 0.717) is 42.9 Å². The second kappa shape index (κ2) is 13.6. The first-order chi connectivity index (χ1) is 21.6. The third-order valence-corrected chi connectivity index (χ3v) is 8.99. The average molecular weight is 633 g/mol. The van der Waals surface area contributed by atoms with E-state index in [0.717, 1.165) is 64.2 Å². The van der Waals surface area contributed by atoms with E-state index in [-0.39, 0.29) is 34.5 Å². The maximum Gasteiger partial charge on any atom is 0.418 e. The summed E-state index contributed by atoms with van der Waals surface area (Å²) in [6, 6.07) is 1.11. The Kier molecular flexibility index (Phi) is 9.97. The van der Waals surface area contributed by atoms with Crippen LogP contribution in [0.3, 0.4) is 0 Å². The van der Waals surface area contributed by atoms with Gasteiger partial charge >= 0.3 is 12.2 Å². The first-order valence-corrected chi connectivity index (χ1v) is 16.2. The molecule has 0 amide bonds. The molecule has 6 heterocycles. The highest BCUT2D eigenvalue weighted by molar-refractivity contribution is 5.94. The van der Waals surface area contributed by atoms with Gasteiger partial charge in [0.1, 0.15) is 35.1 Å². The number of hydrogen-bond donors (Lipinski definition) is 3. The number of ether oxygens (including phenoxy) is 1. The summed E-state index contributed by atoms with van der Waals surface area (Å²) in [5.41, 5.74) is 3.62. The maximum atomic E-state index is 16.5. The molecule has 1 unspecified atom stereocenters. The van der Waals surface area contributed by atoms with Crippen LogP contribution in [0, 0.1) is 12.7 Å². The van der Waals surface area contributed by atoms with Crippen molar-refractivity contribution in [3.05, 3.63) is 28.7 Å². The molecule has 0 spiro atoms. The van der Waals surface area contributed by atoms with Crippen LogP contribution in [-0.4, -0.2) is 69.2 Å². The zero-order valence-electron chi connectivity index (χ0n) is 26.6. The van der Waals surface area contributed by atoms with Gasteiger partial charge in [0, 0.05) is 12.6 Å². The van der Waals surface area contributed by atoms with Gasteiger partial charge in [0.15, 0.2) is 5.82 Å². The number of nitrogen functional groups attached to an aromatic ring is 1. The summed E-state index contributed by atoms with van der Waals surface area (Å²) < 4.78 is 65.5. The minimum atomic E-state index is -4.80. The molecule has 4 N–H and O–H groups in total. The van der Waals surface area contributed by atoms with Gasteiger partial charge in [-0.3, -0.25) is 4.90 Å². The number of aryl methyl sites for hydroxylation is 2. The van der Waals surface area contributed by atoms with Crippen LogP contribution in [0.4, 0.5) is 29.2 Å². The van der Waals surface area contributed by atoms with E-state index in [2.05, 4.69) is 37.4 Å². The summed E-state index contributed by atoms with van der Waals surface area (Å²) >= 11 is 0. The van der Waals surface area contributed by atoms with E-state index in [4.69, 9.17) is 15.5 Å². The number of hydrogen-bond acceptors (Lipinski definition) is 9. The lowest BCUT2D eigenvalue weighted by molar-refractivity contribution is -0.137. The lowest BCUT2D eigenvalue weighted by Crippen LogP contribution is -2.43. The van der Waals surface area contributed by atoms with Crippen LogP contribution in [0.5, 0.6) is 6.01 Å². The molecule has 0 radical (unpaired) electrons. The third-order valence-electron chi connectivity index (χ3n) is 8.99. The fraction of sp³-hybridized carbons (Fsp3) is 0.625. The summed E-state index contributed by atoms with van der Waals surface area (Å²) in [5.74, 6) is -0.798. The van der Waals surface area contributed by atoms with Crippen molar-refractivity contribution in [1.29, 1.82) is 0 Å². The molecule has 1 atom stereocenters. The molecule has 9 nitrogen and oxygen atoms in total. The van der Waals surface area contributed by atoms with Crippen LogP contribution in [0.2, 0.25) is 0 Å². The minimum absolute atomic E-state index is 0.00204. The molecule has 6 rings (SSSR count). The molecule has 2 fully saturated rings. The topological polar surface area (TPSA) is 114 Å². The predicted molar refractivity (Wildman–Crippen MR) is 168 cm³/mol. The van der Waals surface area contributed by atoms with E-state index in [9.17, 15) is 13.2 Å². The van der Waals surface area contributed by atoms with Crippen molar-refractivity contribution >= 4 is 22.5 Å². The molecule has 45 heavy (non-hydrogen) atoms.